The van der Waals surface area contributed by atoms with E-state index < -0.39 is 5.54 Å². The average molecular weight is 288 g/mol. The molecular formula is C17H24N2O2. The van der Waals surface area contributed by atoms with Gasteiger partial charge in [0.05, 0.1) is 6.61 Å². The van der Waals surface area contributed by atoms with Crippen molar-refractivity contribution in [2.75, 3.05) is 25.0 Å². The van der Waals surface area contributed by atoms with Gasteiger partial charge in [0.1, 0.15) is 5.54 Å². The SMILES string of the molecule is CCOC(=O)C1(Nc2ccccc2C)CCN(C2CC2)C1. The third-order valence-electron chi connectivity index (χ3n) is 4.55. The van der Waals surface area contributed by atoms with E-state index in [0.717, 1.165) is 30.8 Å². The van der Waals surface area contributed by atoms with Crippen molar-refractivity contribution < 1.29 is 9.53 Å². The summed E-state index contributed by atoms with van der Waals surface area (Å²) in [6.45, 7) is 6.09. The molecule has 2 fully saturated rings. The molecule has 4 heteroatoms. The van der Waals surface area contributed by atoms with Crippen LogP contribution in [-0.2, 0) is 9.53 Å². The number of nitrogens with zero attached hydrogens (tertiary/aromatic N) is 1. The Hall–Kier alpha value is -1.55. The van der Waals surface area contributed by atoms with Crippen molar-refractivity contribution in [1.82, 2.24) is 4.90 Å². The van der Waals surface area contributed by atoms with E-state index in [1.165, 1.54) is 12.8 Å². The molecule has 0 amide bonds. The number of likely N-dealkylation sites (tertiary alicyclic amines) is 1. The van der Waals surface area contributed by atoms with Gasteiger partial charge in [-0.2, -0.15) is 0 Å². The van der Waals surface area contributed by atoms with Gasteiger partial charge in [-0.15, -0.1) is 0 Å². The fourth-order valence-corrected chi connectivity index (χ4v) is 3.15. The van der Waals surface area contributed by atoms with Crippen LogP contribution in [0.2, 0.25) is 0 Å². The smallest absolute Gasteiger partial charge is 0.333 e. The molecule has 0 bridgehead atoms. The second-order valence-electron chi connectivity index (χ2n) is 6.19. The first-order chi connectivity index (χ1) is 10.1. The zero-order valence-corrected chi connectivity index (χ0v) is 12.9. The first-order valence-corrected chi connectivity index (χ1v) is 7.90. The van der Waals surface area contributed by atoms with E-state index in [4.69, 9.17) is 4.74 Å². The predicted octanol–water partition coefficient (Wildman–Crippen LogP) is 2.58. The molecule has 1 aromatic rings. The summed E-state index contributed by atoms with van der Waals surface area (Å²) in [6, 6.07) is 8.80. The summed E-state index contributed by atoms with van der Waals surface area (Å²) in [5.41, 5.74) is 1.60. The van der Waals surface area contributed by atoms with Gasteiger partial charge < -0.3 is 10.1 Å². The van der Waals surface area contributed by atoms with Crippen LogP contribution >= 0.6 is 0 Å². The van der Waals surface area contributed by atoms with Gasteiger partial charge in [0.25, 0.3) is 0 Å². The molecule has 4 nitrogen and oxygen atoms in total. The summed E-state index contributed by atoms with van der Waals surface area (Å²) in [5.74, 6) is -0.114. The van der Waals surface area contributed by atoms with Crippen molar-refractivity contribution in [1.29, 1.82) is 0 Å². The molecule has 1 aliphatic heterocycles. The Labute approximate surface area is 126 Å². The van der Waals surface area contributed by atoms with Gasteiger partial charge in [-0.05, 0) is 44.7 Å². The molecule has 1 N–H and O–H groups in total. The summed E-state index contributed by atoms with van der Waals surface area (Å²) in [6.07, 6.45) is 3.35. The first kappa shape index (κ1) is 14.4. The van der Waals surface area contributed by atoms with Gasteiger partial charge in [-0.1, -0.05) is 18.2 Å². The van der Waals surface area contributed by atoms with Gasteiger partial charge in [-0.25, -0.2) is 4.79 Å². The van der Waals surface area contributed by atoms with Gasteiger partial charge in [0.2, 0.25) is 0 Å². The standard InChI is InChI=1S/C17H24N2O2/c1-3-21-16(20)17(10-11-19(12-17)14-8-9-14)18-15-7-5-4-6-13(15)2/h4-7,14,18H,3,8-12H2,1-2H3. The van der Waals surface area contributed by atoms with Gasteiger partial charge in [0.15, 0.2) is 0 Å². The lowest BCUT2D eigenvalue weighted by Crippen LogP contribution is -2.50. The van der Waals surface area contributed by atoms with Gasteiger partial charge in [0, 0.05) is 24.8 Å². The number of aryl methyl sites for hydroxylation is 1. The highest BCUT2D eigenvalue weighted by Gasteiger charge is 2.49. The van der Waals surface area contributed by atoms with Crippen molar-refractivity contribution in [3.05, 3.63) is 29.8 Å². The lowest BCUT2D eigenvalue weighted by Gasteiger charge is -2.30. The van der Waals surface area contributed by atoms with Crippen LogP contribution in [-0.4, -0.2) is 42.1 Å². The normalized spacial score (nSPS) is 25.8. The lowest BCUT2D eigenvalue weighted by atomic mass is 9.97. The maximum absolute atomic E-state index is 12.6. The number of esters is 1. The van der Waals surface area contributed by atoms with Crippen LogP contribution in [0.1, 0.15) is 31.7 Å². The lowest BCUT2D eigenvalue weighted by molar-refractivity contribution is -0.148. The minimum absolute atomic E-state index is 0.114. The Morgan fingerprint density at radius 2 is 2.19 bits per heavy atom. The number of para-hydroxylation sites is 1. The van der Waals surface area contributed by atoms with Crippen molar-refractivity contribution >= 4 is 11.7 Å². The van der Waals surface area contributed by atoms with Gasteiger partial charge >= 0.3 is 5.97 Å². The molecule has 1 aromatic carbocycles. The minimum Gasteiger partial charge on any atom is -0.464 e. The number of anilines is 1. The fourth-order valence-electron chi connectivity index (χ4n) is 3.15. The highest BCUT2D eigenvalue weighted by molar-refractivity contribution is 5.86. The number of hydrogen-bond acceptors (Lipinski definition) is 4. The van der Waals surface area contributed by atoms with Crippen LogP contribution in [0.4, 0.5) is 5.69 Å². The third kappa shape index (κ3) is 2.91. The van der Waals surface area contributed by atoms with Crippen molar-refractivity contribution in [3.63, 3.8) is 0 Å². The van der Waals surface area contributed by atoms with E-state index in [-0.39, 0.29) is 5.97 Å². The maximum Gasteiger partial charge on any atom is 0.333 e. The first-order valence-electron chi connectivity index (χ1n) is 7.90. The molecule has 1 atom stereocenters. The van der Waals surface area contributed by atoms with Crippen molar-refractivity contribution in [3.8, 4) is 0 Å². The van der Waals surface area contributed by atoms with E-state index in [1.807, 2.05) is 25.1 Å². The highest BCUT2D eigenvalue weighted by Crippen LogP contribution is 2.36. The molecule has 0 aromatic heterocycles. The number of rotatable bonds is 5. The largest absolute Gasteiger partial charge is 0.464 e. The van der Waals surface area contributed by atoms with E-state index in [0.29, 0.717) is 12.6 Å². The van der Waals surface area contributed by atoms with E-state index in [2.05, 4.69) is 23.2 Å². The van der Waals surface area contributed by atoms with Crippen LogP contribution in [0, 0.1) is 6.92 Å². The number of nitrogens with one attached hydrogen (secondary N) is 1. The fraction of sp³-hybridized carbons (Fsp3) is 0.588. The maximum atomic E-state index is 12.6. The molecule has 114 valence electrons. The van der Waals surface area contributed by atoms with Crippen LogP contribution in [0.3, 0.4) is 0 Å². The Morgan fingerprint density at radius 3 is 2.86 bits per heavy atom. The molecule has 1 heterocycles. The number of carbonyl (C=O) groups is 1. The topological polar surface area (TPSA) is 41.6 Å². The van der Waals surface area contributed by atoms with E-state index >= 15 is 0 Å². The van der Waals surface area contributed by atoms with Crippen molar-refractivity contribution in [2.45, 2.75) is 44.7 Å². The number of carbonyl (C=O) groups excluding carboxylic acids is 1. The Balaban J connectivity index is 1.82. The van der Waals surface area contributed by atoms with E-state index in [1.54, 1.807) is 0 Å². The van der Waals surface area contributed by atoms with Crippen LogP contribution in [0.5, 0.6) is 0 Å². The Kier molecular flexibility index (Phi) is 3.89. The molecule has 21 heavy (non-hydrogen) atoms. The number of hydrogen-bond donors (Lipinski definition) is 1. The van der Waals surface area contributed by atoms with Crippen LogP contribution in [0.15, 0.2) is 24.3 Å². The quantitative estimate of drug-likeness (QED) is 0.846. The Morgan fingerprint density at radius 1 is 1.43 bits per heavy atom. The molecule has 1 saturated carbocycles. The molecular weight excluding hydrogens is 264 g/mol. The van der Waals surface area contributed by atoms with Crippen molar-refractivity contribution in [2.24, 2.45) is 0 Å². The summed E-state index contributed by atoms with van der Waals surface area (Å²) < 4.78 is 5.36. The summed E-state index contributed by atoms with van der Waals surface area (Å²) in [7, 11) is 0. The third-order valence-corrected chi connectivity index (χ3v) is 4.55. The molecule has 1 unspecified atom stereocenters. The number of benzene rings is 1. The number of ether oxygens (including phenoxy) is 1. The molecule has 2 aliphatic rings. The monoisotopic (exact) mass is 288 g/mol. The average Bonchev–Trinajstić information content (AvgIpc) is 3.23. The molecule has 0 spiro atoms. The second kappa shape index (κ2) is 5.68. The molecule has 3 rings (SSSR count). The summed E-state index contributed by atoms with van der Waals surface area (Å²) in [4.78, 5) is 15.0. The summed E-state index contributed by atoms with van der Waals surface area (Å²) in [5, 5.41) is 3.50. The zero-order valence-electron chi connectivity index (χ0n) is 12.9. The predicted molar refractivity (Wildman–Crippen MR) is 83.4 cm³/mol. The zero-order chi connectivity index (χ0) is 14.9. The second-order valence-corrected chi connectivity index (χ2v) is 6.19. The molecule has 1 aliphatic carbocycles. The van der Waals surface area contributed by atoms with Crippen LogP contribution in [0.25, 0.3) is 0 Å². The van der Waals surface area contributed by atoms with E-state index in [9.17, 15) is 4.79 Å². The Bertz CT molecular complexity index is 527. The molecule has 1 saturated heterocycles. The highest BCUT2D eigenvalue weighted by atomic mass is 16.5. The minimum atomic E-state index is -0.593. The molecule has 0 radical (unpaired) electrons. The van der Waals surface area contributed by atoms with Crippen LogP contribution < -0.4 is 5.32 Å². The van der Waals surface area contributed by atoms with Gasteiger partial charge in [-0.3, -0.25) is 4.90 Å². The summed E-state index contributed by atoms with van der Waals surface area (Å²) >= 11 is 0.